The van der Waals surface area contributed by atoms with E-state index < -0.39 is 0 Å². The maximum atomic E-state index is 12.3. The monoisotopic (exact) mass is 355 g/mol. The van der Waals surface area contributed by atoms with E-state index in [9.17, 15) is 4.79 Å². The summed E-state index contributed by atoms with van der Waals surface area (Å²) in [5.74, 6) is 1.32. The number of hydrogen-bond acceptors (Lipinski definition) is 6. The average molecular weight is 355 g/mol. The maximum absolute atomic E-state index is 12.3. The summed E-state index contributed by atoms with van der Waals surface area (Å²) in [6, 6.07) is 13.5. The second-order valence-corrected chi connectivity index (χ2v) is 6.75. The predicted molar refractivity (Wildman–Crippen MR) is 99.0 cm³/mol. The molecule has 0 atom stereocenters. The molecule has 128 valence electrons. The minimum atomic E-state index is -0.109. The minimum Gasteiger partial charge on any atom is -0.486 e. The van der Waals surface area contributed by atoms with Crippen molar-refractivity contribution >= 4 is 38.3 Å². The fourth-order valence-electron chi connectivity index (χ4n) is 2.67. The molecule has 3 aromatic rings. The number of likely N-dealkylation sites (N-methyl/N-ethyl adjacent to an activating group) is 1. The van der Waals surface area contributed by atoms with Crippen LogP contribution in [0.3, 0.4) is 0 Å². The standard InChI is InChI=1S/C18H17N3O3S/c1-21(12-5-3-2-4-6-12)11-17(22)20-18-19-13-9-14-15(10-16(13)25-18)24-8-7-23-14/h2-6,9-10H,7-8,11H2,1H3,(H,19,20,22). The first-order chi connectivity index (χ1) is 12.2. The van der Waals surface area contributed by atoms with Crippen LogP contribution in [0.5, 0.6) is 11.5 Å². The normalized spacial score (nSPS) is 12.8. The third-order valence-electron chi connectivity index (χ3n) is 3.88. The molecule has 0 saturated carbocycles. The Bertz CT molecular complexity index is 868. The Kier molecular flexibility index (Phi) is 4.15. The molecule has 1 N–H and O–H groups in total. The fourth-order valence-corrected chi connectivity index (χ4v) is 3.56. The van der Waals surface area contributed by atoms with Gasteiger partial charge in [-0.1, -0.05) is 29.5 Å². The smallest absolute Gasteiger partial charge is 0.245 e. The number of benzene rings is 2. The molecule has 1 aliphatic heterocycles. The van der Waals surface area contributed by atoms with Gasteiger partial charge in [0.15, 0.2) is 16.6 Å². The Balaban J connectivity index is 1.47. The Morgan fingerprint density at radius 1 is 1.20 bits per heavy atom. The topological polar surface area (TPSA) is 63.7 Å². The molecular formula is C18H17N3O3S. The molecule has 2 aromatic carbocycles. The van der Waals surface area contributed by atoms with Crippen molar-refractivity contribution in [2.45, 2.75) is 0 Å². The van der Waals surface area contributed by atoms with Crippen LogP contribution in [0.2, 0.25) is 0 Å². The number of ether oxygens (including phenoxy) is 2. The fraction of sp³-hybridized carbons (Fsp3) is 0.222. The van der Waals surface area contributed by atoms with E-state index in [0.29, 0.717) is 24.1 Å². The molecule has 1 aromatic heterocycles. The number of hydrogen-bond donors (Lipinski definition) is 1. The van der Waals surface area contributed by atoms with Gasteiger partial charge in [-0.25, -0.2) is 4.98 Å². The lowest BCUT2D eigenvalue weighted by Crippen LogP contribution is -2.29. The number of carbonyl (C=O) groups excluding carboxylic acids is 1. The Labute approximate surface area is 149 Å². The molecule has 0 bridgehead atoms. The van der Waals surface area contributed by atoms with Crippen molar-refractivity contribution in [3.8, 4) is 11.5 Å². The summed E-state index contributed by atoms with van der Waals surface area (Å²) in [6.45, 7) is 1.34. The number of nitrogens with zero attached hydrogens (tertiary/aromatic N) is 2. The van der Waals surface area contributed by atoms with Gasteiger partial charge in [0.05, 0.1) is 16.8 Å². The zero-order valence-corrected chi connectivity index (χ0v) is 14.5. The molecule has 1 aliphatic rings. The van der Waals surface area contributed by atoms with Crippen molar-refractivity contribution < 1.29 is 14.3 Å². The molecule has 0 unspecified atom stereocenters. The van der Waals surface area contributed by atoms with Crippen LogP contribution < -0.4 is 19.7 Å². The van der Waals surface area contributed by atoms with Crippen LogP contribution >= 0.6 is 11.3 Å². The van der Waals surface area contributed by atoms with E-state index in [1.54, 1.807) is 0 Å². The molecule has 25 heavy (non-hydrogen) atoms. The Hall–Kier alpha value is -2.80. The summed E-state index contributed by atoms with van der Waals surface area (Å²) in [4.78, 5) is 18.7. The number of amides is 1. The van der Waals surface area contributed by atoms with Gasteiger partial charge in [-0.05, 0) is 12.1 Å². The number of para-hydroxylation sites is 1. The quantitative estimate of drug-likeness (QED) is 0.779. The van der Waals surface area contributed by atoms with Gasteiger partial charge in [-0.15, -0.1) is 0 Å². The first-order valence-corrected chi connectivity index (χ1v) is 8.77. The van der Waals surface area contributed by atoms with Crippen LogP contribution in [-0.2, 0) is 4.79 Å². The van der Waals surface area contributed by atoms with E-state index in [1.807, 2.05) is 54.4 Å². The second kappa shape index (κ2) is 6.60. The summed E-state index contributed by atoms with van der Waals surface area (Å²) >= 11 is 1.42. The highest BCUT2D eigenvalue weighted by atomic mass is 32.1. The van der Waals surface area contributed by atoms with E-state index in [0.717, 1.165) is 21.7 Å². The predicted octanol–water partition coefficient (Wildman–Crippen LogP) is 3.14. The minimum absolute atomic E-state index is 0.109. The molecule has 4 rings (SSSR count). The van der Waals surface area contributed by atoms with Gasteiger partial charge < -0.3 is 19.7 Å². The van der Waals surface area contributed by atoms with Gasteiger partial charge in [-0.3, -0.25) is 4.79 Å². The molecule has 1 amide bonds. The molecule has 0 spiro atoms. The van der Waals surface area contributed by atoms with Crippen LogP contribution in [-0.4, -0.2) is 37.7 Å². The lowest BCUT2D eigenvalue weighted by molar-refractivity contribution is -0.114. The van der Waals surface area contributed by atoms with Gasteiger partial charge in [0.25, 0.3) is 0 Å². The van der Waals surface area contributed by atoms with E-state index >= 15 is 0 Å². The zero-order valence-electron chi connectivity index (χ0n) is 13.7. The molecule has 0 aliphatic carbocycles. The number of thiazole rings is 1. The van der Waals surface area contributed by atoms with Gasteiger partial charge in [0, 0.05) is 24.9 Å². The summed E-state index contributed by atoms with van der Waals surface area (Å²) in [5.41, 5.74) is 1.78. The third kappa shape index (κ3) is 3.36. The van der Waals surface area contributed by atoms with Crippen molar-refractivity contribution in [3.63, 3.8) is 0 Å². The van der Waals surface area contributed by atoms with Crippen LogP contribution in [0.1, 0.15) is 0 Å². The van der Waals surface area contributed by atoms with Crippen molar-refractivity contribution in [1.29, 1.82) is 0 Å². The van der Waals surface area contributed by atoms with Gasteiger partial charge >= 0.3 is 0 Å². The lowest BCUT2D eigenvalue weighted by atomic mass is 10.3. The molecule has 0 radical (unpaired) electrons. The first kappa shape index (κ1) is 15.7. The van der Waals surface area contributed by atoms with Crippen LogP contribution in [0.15, 0.2) is 42.5 Å². The third-order valence-corrected chi connectivity index (χ3v) is 4.81. The number of nitrogens with one attached hydrogen (secondary N) is 1. The maximum Gasteiger partial charge on any atom is 0.245 e. The molecule has 0 saturated heterocycles. The highest BCUT2D eigenvalue weighted by Crippen LogP contribution is 2.37. The SMILES string of the molecule is CN(CC(=O)Nc1nc2cc3c(cc2s1)OCCO3)c1ccccc1. The van der Waals surface area contributed by atoms with E-state index in [-0.39, 0.29) is 12.5 Å². The number of rotatable bonds is 4. The zero-order chi connectivity index (χ0) is 17.2. The van der Waals surface area contributed by atoms with Gasteiger partial charge in [0.2, 0.25) is 5.91 Å². The average Bonchev–Trinajstić information content (AvgIpc) is 3.01. The van der Waals surface area contributed by atoms with E-state index in [4.69, 9.17) is 9.47 Å². The summed E-state index contributed by atoms with van der Waals surface area (Å²) in [7, 11) is 1.88. The van der Waals surface area contributed by atoms with Gasteiger partial charge in [-0.2, -0.15) is 0 Å². The first-order valence-electron chi connectivity index (χ1n) is 7.95. The Morgan fingerprint density at radius 2 is 1.92 bits per heavy atom. The molecule has 7 heteroatoms. The Morgan fingerprint density at radius 3 is 2.68 bits per heavy atom. The van der Waals surface area contributed by atoms with Crippen LogP contribution in [0.4, 0.5) is 10.8 Å². The van der Waals surface area contributed by atoms with Crippen LogP contribution in [0.25, 0.3) is 10.2 Å². The van der Waals surface area contributed by atoms with Crippen molar-refractivity contribution in [1.82, 2.24) is 4.98 Å². The highest BCUT2D eigenvalue weighted by molar-refractivity contribution is 7.22. The van der Waals surface area contributed by atoms with Gasteiger partial charge in [0.1, 0.15) is 13.2 Å². The summed E-state index contributed by atoms with van der Waals surface area (Å²) < 4.78 is 12.1. The molecular weight excluding hydrogens is 338 g/mol. The van der Waals surface area contributed by atoms with Crippen molar-refractivity contribution in [3.05, 3.63) is 42.5 Å². The second-order valence-electron chi connectivity index (χ2n) is 5.72. The highest BCUT2D eigenvalue weighted by Gasteiger charge is 2.16. The number of fused-ring (bicyclic) bond motifs is 2. The number of anilines is 2. The van der Waals surface area contributed by atoms with E-state index in [1.165, 1.54) is 11.3 Å². The molecule has 6 nitrogen and oxygen atoms in total. The van der Waals surface area contributed by atoms with Crippen molar-refractivity contribution in [2.24, 2.45) is 0 Å². The van der Waals surface area contributed by atoms with Crippen molar-refractivity contribution in [2.75, 3.05) is 37.0 Å². The summed E-state index contributed by atoms with van der Waals surface area (Å²) in [6.07, 6.45) is 0. The number of carbonyl (C=O) groups is 1. The number of aromatic nitrogens is 1. The largest absolute Gasteiger partial charge is 0.486 e. The van der Waals surface area contributed by atoms with Crippen LogP contribution in [0, 0.1) is 0 Å². The lowest BCUT2D eigenvalue weighted by Gasteiger charge is -2.17. The molecule has 2 heterocycles. The van der Waals surface area contributed by atoms with E-state index in [2.05, 4.69) is 10.3 Å². The summed E-state index contributed by atoms with van der Waals surface area (Å²) in [5, 5.41) is 3.44. The molecule has 0 fully saturated rings.